The van der Waals surface area contributed by atoms with Crippen LogP contribution in [0.15, 0.2) is 42.5 Å². The number of thiocarbonyl (C=S) groups is 1. The van der Waals surface area contributed by atoms with Crippen LogP contribution in [0.3, 0.4) is 0 Å². The van der Waals surface area contributed by atoms with E-state index in [0.717, 1.165) is 38.2 Å². The highest BCUT2D eigenvalue weighted by Crippen LogP contribution is 2.43. The van der Waals surface area contributed by atoms with Crippen LogP contribution in [-0.2, 0) is 0 Å². The zero-order valence-electron chi connectivity index (χ0n) is 20.2. The van der Waals surface area contributed by atoms with Gasteiger partial charge in [0.25, 0.3) is 5.91 Å². The summed E-state index contributed by atoms with van der Waals surface area (Å²) >= 11 is 5.23. The Morgan fingerprint density at radius 3 is 2.50 bits per heavy atom. The number of carbonyl (C=O) groups excluding carboxylic acids is 1. The fourth-order valence-corrected chi connectivity index (χ4v) is 4.26. The van der Waals surface area contributed by atoms with Crippen LogP contribution < -0.4 is 21.5 Å². The maximum absolute atomic E-state index is 14.0. The lowest BCUT2D eigenvalue weighted by Crippen LogP contribution is -2.44. The van der Waals surface area contributed by atoms with Crippen LogP contribution in [0.2, 0.25) is 0 Å². The fraction of sp³-hybridized carbons (Fsp3) is 0.320. The molecule has 4 N–H and O–H groups in total. The summed E-state index contributed by atoms with van der Waals surface area (Å²) in [6, 6.07) is 10.1. The third kappa shape index (κ3) is 5.30. The van der Waals surface area contributed by atoms with Crippen molar-refractivity contribution >= 4 is 34.7 Å². The first-order valence-electron chi connectivity index (χ1n) is 11.4. The summed E-state index contributed by atoms with van der Waals surface area (Å²) in [5, 5.41) is 10.2. The van der Waals surface area contributed by atoms with Crippen LogP contribution >= 0.6 is 12.2 Å². The number of anilines is 2. The summed E-state index contributed by atoms with van der Waals surface area (Å²) < 4.78 is 42.7. The van der Waals surface area contributed by atoms with Gasteiger partial charge in [-0.1, -0.05) is 30.3 Å². The van der Waals surface area contributed by atoms with Crippen molar-refractivity contribution in [3.63, 3.8) is 0 Å². The van der Waals surface area contributed by atoms with E-state index in [0.29, 0.717) is 0 Å². The fourth-order valence-electron chi connectivity index (χ4n) is 4.10. The molecule has 2 aromatic carbocycles. The molecule has 190 valence electrons. The number of hydrazine groups is 1. The summed E-state index contributed by atoms with van der Waals surface area (Å²) in [4.78, 5) is 12.7. The SMILES string of the molecule is Cc1ccc([C@@H]2C[C@H](C(F)(F)F)n3nc(C(=O)NNC(=S)Nc4cccc(C)c4C)cc3N2)cc1C. The monoisotopic (exact) mass is 516 g/mol. The lowest BCUT2D eigenvalue weighted by molar-refractivity contribution is -0.173. The quantitative estimate of drug-likeness (QED) is 0.275. The third-order valence-corrected chi connectivity index (χ3v) is 6.70. The first-order valence-corrected chi connectivity index (χ1v) is 11.8. The van der Waals surface area contributed by atoms with Gasteiger partial charge in [0.1, 0.15) is 5.82 Å². The molecule has 1 aliphatic heterocycles. The average molecular weight is 517 g/mol. The molecule has 1 aliphatic rings. The van der Waals surface area contributed by atoms with E-state index in [1.54, 1.807) is 0 Å². The van der Waals surface area contributed by atoms with Gasteiger partial charge in [-0.15, -0.1) is 0 Å². The molecule has 36 heavy (non-hydrogen) atoms. The molecule has 0 aliphatic carbocycles. The topological polar surface area (TPSA) is 83.0 Å². The predicted octanol–water partition coefficient (Wildman–Crippen LogP) is 5.41. The van der Waals surface area contributed by atoms with Gasteiger partial charge < -0.3 is 10.6 Å². The number of aryl methyl sites for hydroxylation is 3. The van der Waals surface area contributed by atoms with Crippen LogP contribution in [0.5, 0.6) is 0 Å². The van der Waals surface area contributed by atoms with Crippen LogP contribution in [0.4, 0.5) is 24.7 Å². The highest BCUT2D eigenvalue weighted by atomic mass is 32.1. The van der Waals surface area contributed by atoms with Gasteiger partial charge >= 0.3 is 6.18 Å². The number of aromatic nitrogens is 2. The van der Waals surface area contributed by atoms with Crippen molar-refractivity contribution in [1.29, 1.82) is 0 Å². The predicted molar refractivity (Wildman–Crippen MR) is 137 cm³/mol. The lowest BCUT2D eigenvalue weighted by atomic mass is 9.94. The Morgan fingerprint density at radius 2 is 1.81 bits per heavy atom. The first kappa shape index (κ1) is 25.5. The molecule has 0 radical (unpaired) electrons. The number of benzene rings is 2. The van der Waals surface area contributed by atoms with Crippen LogP contribution in [0, 0.1) is 27.7 Å². The Hall–Kier alpha value is -3.60. The van der Waals surface area contributed by atoms with Gasteiger partial charge in [-0.2, -0.15) is 18.3 Å². The van der Waals surface area contributed by atoms with Crippen molar-refractivity contribution in [2.75, 3.05) is 10.6 Å². The standard InChI is InChI=1S/C25H27F3N6OS/c1-13-8-9-17(10-15(13)3)19-11-21(25(26,27)28)34-22(29-19)12-20(33-34)23(35)31-32-24(36)30-18-7-5-6-14(2)16(18)4/h5-10,12,19,21,29H,11H2,1-4H3,(H,31,35)(H2,30,32,36)/t19-,21+/m0/s1. The van der Waals surface area contributed by atoms with Crippen LogP contribution in [-0.4, -0.2) is 27.0 Å². The number of carbonyl (C=O) groups is 1. The van der Waals surface area contributed by atoms with E-state index < -0.39 is 24.2 Å². The average Bonchev–Trinajstić information content (AvgIpc) is 3.25. The molecular formula is C25H27F3N6OS. The number of amides is 1. The summed E-state index contributed by atoms with van der Waals surface area (Å²) in [7, 11) is 0. The molecule has 11 heteroatoms. The van der Waals surface area contributed by atoms with E-state index in [1.165, 1.54) is 6.07 Å². The van der Waals surface area contributed by atoms with Gasteiger partial charge in [0.05, 0.1) is 6.04 Å². The molecule has 0 unspecified atom stereocenters. The second-order valence-electron chi connectivity index (χ2n) is 8.97. The second kappa shape index (κ2) is 9.81. The normalized spacial score (nSPS) is 17.1. The number of nitrogens with zero attached hydrogens (tertiary/aromatic N) is 2. The summed E-state index contributed by atoms with van der Waals surface area (Å²) in [5.41, 5.74) is 10.4. The van der Waals surface area contributed by atoms with E-state index in [4.69, 9.17) is 12.2 Å². The van der Waals surface area contributed by atoms with Gasteiger partial charge in [-0.3, -0.25) is 15.6 Å². The molecule has 0 spiro atoms. The zero-order valence-corrected chi connectivity index (χ0v) is 21.1. The van der Waals surface area contributed by atoms with E-state index in [2.05, 4.69) is 26.6 Å². The minimum Gasteiger partial charge on any atom is -0.363 e. The largest absolute Gasteiger partial charge is 0.410 e. The maximum atomic E-state index is 14.0. The number of halogens is 3. The maximum Gasteiger partial charge on any atom is 0.410 e. The molecule has 0 bridgehead atoms. The molecule has 3 aromatic rings. The number of hydrogen-bond acceptors (Lipinski definition) is 4. The minimum atomic E-state index is -4.54. The Labute approximate surface area is 212 Å². The van der Waals surface area contributed by atoms with E-state index in [1.807, 2.05) is 64.1 Å². The van der Waals surface area contributed by atoms with Crippen molar-refractivity contribution < 1.29 is 18.0 Å². The summed E-state index contributed by atoms with van der Waals surface area (Å²) in [6.45, 7) is 7.77. The Balaban J connectivity index is 1.49. The van der Waals surface area contributed by atoms with Crippen molar-refractivity contribution in [3.8, 4) is 0 Å². The van der Waals surface area contributed by atoms with Crippen LogP contribution in [0.1, 0.15) is 56.8 Å². The zero-order chi connectivity index (χ0) is 26.2. The van der Waals surface area contributed by atoms with Gasteiger partial charge in [-0.25, -0.2) is 4.68 Å². The van der Waals surface area contributed by atoms with Crippen molar-refractivity contribution in [2.45, 2.75) is 52.4 Å². The number of fused-ring (bicyclic) bond motifs is 1. The smallest absolute Gasteiger partial charge is 0.363 e. The number of nitrogens with one attached hydrogen (secondary N) is 4. The number of rotatable bonds is 3. The Bertz CT molecular complexity index is 1320. The van der Waals surface area contributed by atoms with Gasteiger partial charge in [0.15, 0.2) is 16.8 Å². The summed E-state index contributed by atoms with van der Waals surface area (Å²) in [5.74, 6) is -0.597. The van der Waals surface area contributed by atoms with Crippen molar-refractivity contribution in [1.82, 2.24) is 20.6 Å². The molecule has 0 saturated carbocycles. The minimum absolute atomic E-state index is 0.119. The van der Waals surface area contributed by atoms with Crippen LogP contribution in [0.25, 0.3) is 0 Å². The highest BCUT2D eigenvalue weighted by molar-refractivity contribution is 7.80. The number of alkyl halides is 3. The number of hydrogen-bond donors (Lipinski definition) is 4. The lowest BCUT2D eigenvalue weighted by Gasteiger charge is -2.33. The van der Waals surface area contributed by atoms with Crippen molar-refractivity contribution in [2.24, 2.45) is 0 Å². The molecule has 0 saturated heterocycles. The molecule has 0 fully saturated rings. The van der Waals surface area contributed by atoms with E-state index >= 15 is 0 Å². The van der Waals surface area contributed by atoms with Gasteiger partial charge in [0.2, 0.25) is 0 Å². The molecule has 4 rings (SSSR count). The Kier molecular flexibility index (Phi) is 6.94. The molecule has 7 nitrogen and oxygen atoms in total. The van der Waals surface area contributed by atoms with Gasteiger partial charge in [0, 0.05) is 18.2 Å². The Morgan fingerprint density at radius 1 is 1.06 bits per heavy atom. The molecule has 2 heterocycles. The van der Waals surface area contributed by atoms with E-state index in [9.17, 15) is 18.0 Å². The highest BCUT2D eigenvalue weighted by Gasteiger charge is 2.46. The summed E-state index contributed by atoms with van der Waals surface area (Å²) in [6.07, 6.45) is -4.78. The van der Waals surface area contributed by atoms with E-state index in [-0.39, 0.29) is 23.0 Å². The second-order valence-corrected chi connectivity index (χ2v) is 9.38. The molecule has 2 atom stereocenters. The molecule has 1 amide bonds. The van der Waals surface area contributed by atoms with Gasteiger partial charge in [-0.05, 0) is 73.8 Å². The van der Waals surface area contributed by atoms with Crippen molar-refractivity contribution in [3.05, 3.63) is 76.0 Å². The third-order valence-electron chi connectivity index (χ3n) is 6.50. The molecule has 1 aromatic heterocycles. The molecular weight excluding hydrogens is 489 g/mol. The first-order chi connectivity index (χ1) is 16.9.